The first-order valence-corrected chi connectivity index (χ1v) is 7.99. The molecule has 0 unspecified atom stereocenters. The van der Waals surface area contributed by atoms with Crippen molar-refractivity contribution < 1.29 is 0 Å². The third kappa shape index (κ3) is 1.82. The van der Waals surface area contributed by atoms with E-state index in [1.165, 1.54) is 44.5 Å². The molecule has 0 fully saturated rings. The van der Waals surface area contributed by atoms with E-state index < -0.39 is 0 Å². The highest BCUT2D eigenvalue weighted by Gasteiger charge is 2.20. The summed E-state index contributed by atoms with van der Waals surface area (Å²) in [4.78, 5) is 4.29. The van der Waals surface area contributed by atoms with Crippen LogP contribution >= 0.6 is 0 Å². The van der Waals surface area contributed by atoms with Crippen molar-refractivity contribution in [3.63, 3.8) is 0 Å². The zero-order valence-corrected chi connectivity index (χ0v) is 12.5. The Kier molecular flexibility index (Phi) is 2.51. The molecule has 1 heterocycles. The van der Waals surface area contributed by atoms with Gasteiger partial charge in [0.15, 0.2) is 0 Å². The summed E-state index contributed by atoms with van der Waals surface area (Å²) in [5, 5.41) is 0. The molecule has 0 saturated heterocycles. The summed E-state index contributed by atoms with van der Waals surface area (Å²) in [6, 6.07) is 16.0. The minimum absolute atomic E-state index is 1.04. The van der Waals surface area contributed by atoms with E-state index in [4.69, 9.17) is 0 Å². The van der Waals surface area contributed by atoms with Gasteiger partial charge in [-0.3, -0.25) is 4.98 Å². The third-order valence-electron chi connectivity index (χ3n) is 5.17. The number of pyridine rings is 1. The Labute approximate surface area is 130 Å². The monoisotopic (exact) mass is 283 g/mol. The fraction of sp³-hybridized carbons (Fsp3) is 0.190. The standard InChI is InChI=1S/C21H17N/c1-2-4-15-8-18-11-20-12-21-13-22-6-5-16(21)9-19(20)10-17(18)7-14(15)3-1/h1-6,10-11,13H,7-9,12H2. The first-order chi connectivity index (χ1) is 10.9. The fourth-order valence-corrected chi connectivity index (χ4v) is 3.96. The molecule has 5 rings (SSSR count). The maximum absolute atomic E-state index is 4.29. The van der Waals surface area contributed by atoms with Gasteiger partial charge in [0.05, 0.1) is 0 Å². The molecular formula is C21H17N. The van der Waals surface area contributed by atoms with Gasteiger partial charge in [-0.1, -0.05) is 36.4 Å². The normalized spacial score (nSPS) is 14.5. The number of rotatable bonds is 0. The second kappa shape index (κ2) is 4.54. The molecule has 2 aliphatic rings. The Bertz CT molecular complexity index is 748. The number of aromatic nitrogens is 1. The summed E-state index contributed by atoms with van der Waals surface area (Å²) >= 11 is 0. The van der Waals surface area contributed by atoms with Crippen LogP contribution in [0, 0.1) is 0 Å². The molecule has 0 spiro atoms. The highest BCUT2D eigenvalue weighted by Crippen LogP contribution is 2.33. The van der Waals surface area contributed by atoms with Crippen molar-refractivity contribution in [2.75, 3.05) is 0 Å². The van der Waals surface area contributed by atoms with Crippen LogP contribution in [-0.4, -0.2) is 4.98 Å². The predicted molar refractivity (Wildman–Crippen MR) is 88.3 cm³/mol. The van der Waals surface area contributed by atoms with Gasteiger partial charge in [0.2, 0.25) is 0 Å². The van der Waals surface area contributed by atoms with E-state index in [0.717, 1.165) is 25.7 Å². The van der Waals surface area contributed by atoms with Gasteiger partial charge in [0.25, 0.3) is 0 Å². The molecule has 2 aliphatic carbocycles. The summed E-state index contributed by atoms with van der Waals surface area (Å²) in [5.41, 5.74) is 11.9. The minimum Gasteiger partial charge on any atom is -0.264 e. The van der Waals surface area contributed by atoms with Crippen molar-refractivity contribution in [1.82, 2.24) is 4.98 Å². The molecule has 0 bridgehead atoms. The van der Waals surface area contributed by atoms with E-state index in [-0.39, 0.29) is 0 Å². The lowest BCUT2D eigenvalue weighted by atomic mass is 9.79. The van der Waals surface area contributed by atoms with Crippen molar-refractivity contribution in [1.29, 1.82) is 0 Å². The molecule has 0 radical (unpaired) electrons. The smallest absolute Gasteiger partial charge is 0.0306 e. The van der Waals surface area contributed by atoms with E-state index in [2.05, 4.69) is 47.4 Å². The van der Waals surface area contributed by atoms with E-state index in [1.54, 1.807) is 0 Å². The van der Waals surface area contributed by atoms with Gasteiger partial charge < -0.3 is 0 Å². The number of hydrogen-bond acceptors (Lipinski definition) is 1. The zero-order chi connectivity index (χ0) is 14.5. The predicted octanol–water partition coefficient (Wildman–Crippen LogP) is 4.07. The van der Waals surface area contributed by atoms with Crippen LogP contribution in [-0.2, 0) is 25.7 Å². The van der Waals surface area contributed by atoms with Crippen LogP contribution in [0.2, 0.25) is 0 Å². The average Bonchev–Trinajstić information content (AvgIpc) is 2.56. The summed E-state index contributed by atoms with van der Waals surface area (Å²) in [7, 11) is 0. The second-order valence-corrected chi connectivity index (χ2v) is 6.51. The summed E-state index contributed by atoms with van der Waals surface area (Å²) in [6.07, 6.45) is 8.21. The van der Waals surface area contributed by atoms with Gasteiger partial charge in [0, 0.05) is 12.4 Å². The van der Waals surface area contributed by atoms with Crippen molar-refractivity contribution in [3.8, 4) is 0 Å². The van der Waals surface area contributed by atoms with Gasteiger partial charge in [-0.2, -0.15) is 0 Å². The Morgan fingerprint density at radius 3 is 1.64 bits per heavy atom. The van der Waals surface area contributed by atoms with Crippen LogP contribution in [0.4, 0.5) is 0 Å². The minimum atomic E-state index is 1.04. The van der Waals surface area contributed by atoms with E-state index in [1.807, 2.05) is 12.4 Å². The van der Waals surface area contributed by atoms with Crippen LogP contribution in [0.3, 0.4) is 0 Å². The van der Waals surface area contributed by atoms with Gasteiger partial charge in [-0.15, -0.1) is 0 Å². The molecule has 1 nitrogen and oxygen atoms in total. The molecule has 0 aliphatic heterocycles. The molecule has 1 heteroatoms. The maximum atomic E-state index is 4.29. The molecule has 106 valence electrons. The number of hydrogen-bond donors (Lipinski definition) is 0. The average molecular weight is 283 g/mol. The molecule has 2 aromatic carbocycles. The topological polar surface area (TPSA) is 12.9 Å². The molecule has 0 saturated carbocycles. The van der Waals surface area contributed by atoms with Crippen molar-refractivity contribution >= 4 is 0 Å². The van der Waals surface area contributed by atoms with Crippen LogP contribution < -0.4 is 0 Å². The summed E-state index contributed by atoms with van der Waals surface area (Å²) in [5.74, 6) is 0. The number of benzene rings is 2. The third-order valence-corrected chi connectivity index (χ3v) is 5.17. The molecule has 22 heavy (non-hydrogen) atoms. The highest BCUT2D eigenvalue weighted by molar-refractivity contribution is 5.52. The molecule has 0 amide bonds. The van der Waals surface area contributed by atoms with E-state index in [9.17, 15) is 0 Å². The first-order valence-electron chi connectivity index (χ1n) is 7.99. The van der Waals surface area contributed by atoms with Crippen molar-refractivity contribution in [2.24, 2.45) is 0 Å². The second-order valence-electron chi connectivity index (χ2n) is 6.51. The molecule has 3 aromatic rings. The zero-order valence-electron chi connectivity index (χ0n) is 12.5. The van der Waals surface area contributed by atoms with Gasteiger partial charge in [-0.25, -0.2) is 0 Å². The lowest BCUT2D eigenvalue weighted by Crippen LogP contribution is -2.13. The van der Waals surface area contributed by atoms with Crippen LogP contribution in [0.15, 0.2) is 54.9 Å². The van der Waals surface area contributed by atoms with Crippen molar-refractivity contribution in [3.05, 3.63) is 99.4 Å². The highest BCUT2D eigenvalue weighted by atomic mass is 14.6. The quantitative estimate of drug-likeness (QED) is 0.417. The molecular weight excluding hydrogens is 266 g/mol. The maximum Gasteiger partial charge on any atom is 0.0306 e. The van der Waals surface area contributed by atoms with Crippen LogP contribution in [0.1, 0.15) is 44.5 Å². The van der Waals surface area contributed by atoms with Crippen LogP contribution in [0.25, 0.3) is 0 Å². The molecule has 1 aromatic heterocycles. The Balaban J connectivity index is 1.60. The van der Waals surface area contributed by atoms with E-state index >= 15 is 0 Å². The van der Waals surface area contributed by atoms with Crippen molar-refractivity contribution in [2.45, 2.75) is 25.7 Å². The van der Waals surface area contributed by atoms with Gasteiger partial charge in [0.1, 0.15) is 0 Å². The number of fused-ring (bicyclic) bond motifs is 4. The Morgan fingerprint density at radius 1 is 0.545 bits per heavy atom. The first kappa shape index (κ1) is 12.2. The number of nitrogens with zero attached hydrogens (tertiary/aromatic N) is 1. The Hall–Kier alpha value is -2.41. The molecule has 0 N–H and O–H groups in total. The summed E-state index contributed by atoms with van der Waals surface area (Å²) < 4.78 is 0. The van der Waals surface area contributed by atoms with Crippen LogP contribution in [0.5, 0.6) is 0 Å². The van der Waals surface area contributed by atoms with Gasteiger partial charge in [-0.05, 0) is 76.3 Å². The largest absolute Gasteiger partial charge is 0.264 e. The SMILES string of the molecule is c1ccc2c(c1)Cc1cc3c(cc1C2)Cc1cnccc1C3. The van der Waals surface area contributed by atoms with E-state index in [0.29, 0.717) is 0 Å². The molecule has 0 atom stereocenters. The fourth-order valence-electron chi connectivity index (χ4n) is 3.96. The summed E-state index contributed by atoms with van der Waals surface area (Å²) in [6.45, 7) is 0. The lowest BCUT2D eigenvalue weighted by molar-refractivity contribution is 0.937. The lowest BCUT2D eigenvalue weighted by Gasteiger charge is -2.25. The Morgan fingerprint density at radius 2 is 1.05 bits per heavy atom. The van der Waals surface area contributed by atoms with Gasteiger partial charge >= 0.3 is 0 Å².